The average Bonchev–Trinajstić information content (AvgIpc) is 2.45. The molecule has 2 heteroatoms. The molecule has 1 aliphatic heterocycles. The van der Waals surface area contributed by atoms with Crippen molar-refractivity contribution >= 4 is 7.85 Å². The van der Waals surface area contributed by atoms with Gasteiger partial charge < -0.3 is 4.74 Å². The lowest BCUT2D eigenvalue weighted by molar-refractivity contribution is 0.0759. The third-order valence-corrected chi connectivity index (χ3v) is 1.99. The van der Waals surface area contributed by atoms with E-state index in [0.29, 0.717) is 0 Å². The molecule has 0 amide bonds. The van der Waals surface area contributed by atoms with Gasteiger partial charge in [0.1, 0.15) is 19.2 Å². The van der Waals surface area contributed by atoms with Crippen molar-refractivity contribution in [3.8, 4) is 0 Å². The molecule has 0 aromatic carbocycles. The van der Waals surface area contributed by atoms with Crippen LogP contribution >= 0.6 is 0 Å². The molecule has 1 nitrogen and oxygen atoms in total. The Morgan fingerprint density at radius 2 is 1.93 bits per heavy atom. The summed E-state index contributed by atoms with van der Waals surface area (Å²) in [5, 5.41) is 0. The highest BCUT2D eigenvalue weighted by molar-refractivity contribution is 6.21. The Bertz CT molecular complexity index is 245. The van der Waals surface area contributed by atoms with Crippen LogP contribution in [0.5, 0.6) is 0 Å². The minimum absolute atomic E-state index is 0.0855. The molecule has 0 saturated carbocycles. The Balaban J connectivity index is 0.000000791. The summed E-state index contributed by atoms with van der Waals surface area (Å²) in [4.78, 5) is 0. The molecule has 0 atom stereocenters. The zero-order valence-corrected chi connectivity index (χ0v) is 10.3. The van der Waals surface area contributed by atoms with Gasteiger partial charge >= 0.3 is 0 Å². The van der Waals surface area contributed by atoms with Gasteiger partial charge in [0.05, 0.1) is 0 Å². The van der Waals surface area contributed by atoms with Crippen molar-refractivity contribution in [2.75, 3.05) is 0 Å². The Hall–Kier alpha value is -0.655. The van der Waals surface area contributed by atoms with Crippen molar-refractivity contribution in [3.63, 3.8) is 0 Å². The highest BCUT2D eigenvalue weighted by Gasteiger charge is 2.32. The van der Waals surface area contributed by atoms with Crippen LogP contribution in [0.2, 0.25) is 0 Å². The van der Waals surface area contributed by atoms with E-state index < -0.39 is 0 Å². The molecule has 0 spiro atoms. The smallest absolute Gasteiger partial charge is 0.112 e. The molecule has 0 aromatic rings. The number of allylic oxidation sites excluding steroid dienone is 3. The lowest BCUT2D eigenvalue weighted by Gasteiger charge is -2.16. The van der Waals surface area contributed by atoms with Gasteiger partial charge in [-0.1, -0.05) is 25.4 Å². The average molecular weight is 192 g/mol. The minimum Gasteiger partial charge on any atom is -0.488 e. The molecule has 0 aliphatic carbocycles. The first kappa shape index (κ1) is 13.3. The molecule has 0 bridgehead atoms. The fraction of sp³-hybridized carbons (Fsp3) is 0.667. The quantitative estimate of drug-likeness (QED) is 0.533. The molecule has 2 radical (unpaired) electrons. The molecule has 1 aliphatic rings. The third-order valence-electron chi connectivity index (χ3n) is 1.99. The van der Waals surface area contributed by atoms with Crippen LogP contribution in [0, 0.1) is 0 Å². The van der Waals surface area contributed by atoms with E-state index in [1.165, 1.54) is 5.57 Å². The molecular formula is C12H21BO. The zero-order valence-electron chi connectivity index (χ0n) is 10.3. The third kappa shape index (κ3) is 3.24. The second kappa shape index (κ2) is 5.28. The van der Waals surface area contributed by atoms with Crippen LogP contribution in [0.1, 0.15) is 48.0 Å². The van der Waals surface area contributed by atoms with E-state index in [4.69, 9.17) is 12.6 Å². The predicted octanol–water partition coefficient (Wildman–Crippen LogP) is 3.56. The van der Waals surface area contributed by atoms with Gasteiger partial charge in [-0.3, -0.25) is 0 Å². The fourth-order valence-electron chi connectivity index (χ4n) is 1.48. The molecule has 0 unspecified atom stereocenters. The Morgan fingerprint density at radius 3 is 2.21 bits per heavy atom. The van der Waals surface area contributed by atoms with E-state index in [9.17, 15) is 0 Å². The summed E-state index contributed by atoms with van der Waals surface area (Å²) in [6.45, 7) is 12.0. The first-order chi connectivity index (χ1) is 6.46. The topological polar surface area (TPSA) is 9.23 Å². The van der Waals surface area contributed by atoms with Gasteiger partial charge in [-0.25, -0.2) is 0 Å². The second-order valence-electron chi connectivity index (χ2n) is 3.86. The van der Waals surface area contributed by atoms with E-state index in [1.807, 2.05) is 27.7 Å². The van der Waals surface area contributed by atoms with Crippen molar-refractivity contribution < 1.29 is 4.74 Å². The van der Waals surface area contributed by atoms with E-state index >= 15 is 0 Å². The monoisotopic (exact) mass is 192 g/mol. The minimum atomic E-state index is -0.0855. The van der Waals surface area contributed by atoms with Crippen molar-refractivity contribution in [2.24, 2.45) is 0 Å². The molecule has 14 heavy (non-hydrogen) atoms. The normalized spacial score (nSPS) is 25.1. The maximum Gasteiger partial charge on any atom is 0.112 e. The first-order valence-corrected chi connectivity index (χ1v) is 5.27. The van der Waals surface area contributed by atoms with Gasteiger partial charge in [0, 0.05) is 6.42 Å². The maximum atomic E-state index is 5.70. The number of hydrogen-bond donors (Lipinski definition) is 0. The van der Waals surface area contributed by atoms with Gasteiger partial charge in [-0.05, 0) is 33.3 Å². The summed E-state index contributed by atoms with van der Waals surface area (Å²) in [5.74, 6) is 0.877. The van der Waals surface area contributed by atoms with Gasteiger partial charge in [0.15, 0.2) is 0 Å². The summed E-state index contributed by atoms with van der Waals surface area (Å²) in [6.07, 6.45) is 3.02. The summed E-state index contributed by atoms with van der Waals surface area (Å²) < 4.78 is 5.70. The molecular weight excluding hydrogens is 171 g/mol. The SMILES string of the molecule is CC.[B]/C(C)=C1\OC(C)(C)C\C1=C\C. The van der Waals surface area contributed by atoms with Gasteiger partial charge in [0.2, 0.25) is 0 Å². The Labute approximate surface area is 89.6 Å². The molecule has 1 heterocycles. The largest absolute Gasteiger partial charge is 0.488 e. The van der Waals surface area contributed by atoms with Gasteiger partial charge in [-0.2, -0.15) is 0 Å². The molecule has 0 N–H and O–H groups in total. The molecule has 0 aromatic heterocycles. The zero-order chi connectivity index (χ0) is 11.4. The second-order valence-corrected chi connectivity index (χ2v) is 3.86. The fourth-order valence-corrected chi connectivity index (χ4v) is 1.48. The molecule has 1 saturated heterocycles. The van der Waals surface area contributed by atoms with Crippen molar-refractivity contribution in [3.05, 3.63) is 22.9 Å². The van der Waals surface area contributed by atoms with Crippen molar-refractivity contribution in [1.29, 1.82) is 0 Å². The van der Waals surface area contributed by atoms with Crippen LogP contribution in [0.4, 0.5) is 0 Å². The number of ether oxygens (including phenoxy) is 1. The first-order valence-electron chi connectivity index (χ1n) is 5.27. The number of hydrogen-bond acceptors (Lipinski definition) is 1. The summed E-state index contributed by atoms with van der Waals surface area (Å²) in [5.41, 5.74) is 1.91. The predicted molar refractivity (Wildman–Crippen MR) is 63.3 cm³/mol. The van der Waals surface area contributed by atoms with E-state index in [2.05, 4.69) is 19.9 Å². The molecule has 1 fully saturated rings. The Kier molecular flexibility index (Phi) is 5.03. The summed E-state index contributed by atoms with van der Waals surface area (Å²) in [6, 6.07) is 0. The summed E-state index contributed by atoms with van der Waals surface area (Å²) in [7, 11) is 5.70. The van der Waals surface area contributed by atoms with Gasteiger partial charge in [0.25, 0.3) is 0 Å². The molecule has 78 valence electrons. The standard InChI is InChI=1S/C10H15BO.C2H6/c1-5-8-6-10(3,4)12-9(8)7(2)11;1-2/h5H,6H2,1-4H3;1-2H3/b8-5-,9-7-;. The van der Waals surface area contributed by atoms with Crippen LogP contribution in [-0.4, -0.2) is 13.4 Å². The van der Waals surface area contributed by atoms with Crippen molar-refractivity contribution in [2.45, 2.75) is 53.6 Å². The lowest BCUT2D eigenvalue weighted by atomic mass is 9.92. The maximum absolute atomic E-state index is 5.70. The van der Waals surface area contributed by atoms with E-state index in [-0.39, 0.29) is 5.60 Å². The lowest BCUT2D eigenvalue weighted by Crippen LogP contribution is -2.16. The van der Waals surface area contributed by atoms with Crippen LogP contribution in [0.15, 0.2) is 22.9 Å². The van der Waals surface area contributed by atoms with Crippen LogP contribution in [0.3, 0.4) is 0 Å². The van der Waals surface area contributed by atoms with Crippen LogP contribution < -0.4 is 0 Å². The highest BCUT2D eigenvalue weighted by Crippen LogP contribution is 2.37. The highest BCUT2D eigenvalue weighted by atomic mass is 16.5. The van der Waals surface area contributed by atoms with Crippen LogP contribution in [0.25, 0.3) is 0 Å². The Morgan fingerprint density at radius 1 is 1.43 bits per heavy atom. The van der Waals surface area contributed by atoms with Crippen molar-refractivity contribution in [1.82, 2.24) is 0 Å². The summed E-state index contributed by atoms with van der Waals surface area (Å²) >= 11 is 0. The van der Waals surface area contributed by atoms with E-state index in [1.54, 1.807) is 0 Å². The van der Waals surface area contributed by atoms with Crippen LogP contribution in [-0.2, 0) is 4.74 Å². The number of rotatable bonds is 0. The molecule has 1 rings (SSSR count). The van der Waals surface area contributed by atoms with E-state index in [0.717, 1.165) is 17.7 Å². The van der Waals surface area contributed by atoms with Gasteiger partial charge in [-0.15, -0.1) is 0 Å².